The van der Waals surface area contributed by atoms with Gasteiger partial charge in [0.15, 0.2) is 22.9 Å². The van der Waals surface area contributed by atoms with Gasteiger partial charge >= 0.3 is 0 Å². The van der Waals surface area contributed by atoms with E-state index in [0.29, 0.717) is 39.8 Å². The van der Waals surface area contributed by atoms with E-state index >= 15 is 4.39 Å². The van der Waals surface area contributed by atoms with Crippen LogP contribution in [-0.4, -0.2) is 111 Å². The number of hydrogen-bond donors (Lipinski definition) is 0. The Hall–Kier alpha value is -8.84. The third kappa shape index (κ3) is 7.10. The monoisotopic (exact) mass is 1140 g/mol. The Balaban J connectivity index is 0.684. The maximum Gasteiger partial charge on any atom is 0.264 e. The summed E-state index contributed by atoms with van der Waals surface area (Å²) >= 11 is 0. The number of oxazole rings is 2. The molecular weight excluding hydrogens is 1090 g/mol. The highest BCUT2D eigenvalue weighted by Crippen LogP contribution is 2.71. The van der Waals surface area contributed by atoms with E-state index in [1.54, 1.807) is 53.1 Å². The molecule has 4 aliphatic rings. The molecule has 0 unspecified atom stereocenters. The summed E-state index contributed by atoms with van der Waals surface area (Å²) in [7, 11) is -6.64. The number of benzene rings is 6. The standard InChI is InChI=1S/C58H46F2N14O6S2/c1-32-18-47-34(23-63-73(47)38-14-12-37(59)13-15-38)21-40(32)58-31-71(29-43(58)54(58)56-66-46-9-5-7-11-50(46)80-56)82(77,78)52-26-62-72(68-52)27-36-20-39(16-17-44(36)60)74-48-19-33(2)41(22-35(48)24-64-74)57-30-70(81(75,76)51-25-61-69(3)67-51)28-42(57)53(57)55-65-45-8-4-6-10-49(45)79-55/h4-26,42-43,53-54H,27-31H2,1-3H3/t42-,43+,53+,54-,57+,58-/m0/s1. The molecule has 0 amide bonds. The zero-order valence-corrected chi connectivity index (χ0v) is 45.5. The van der Waals surface area contributed by atoms with E-state index in [2.05, 4.69) is 37.6 Å². The molecule has 20 nitrogen and oxygen atoms in total. The average Bonchev–Trinajstić information content (AvgIpc) is 1.54. The molecule has 2 aliphatic carbocycles. The van der Waals surface area contributed by atoms with Crippen molar-refractivity contribution in [2.75, 3.05) is 26.2 Å². The second kappa shape index (κ2) is 17.1. The van der Waals surface area contributed by atoms with Crippen LogP contribution in [0.5, 0.6) is 0 Å². The third-order valence-corrected chi connectivity index (χ3v) is 21.0. The van der Waals surface area contributed by atoms with Gasteiger partial charge in [-0.2, -0.15) is 38.6 Å². The largest absolute Gasteiger partial charge is 0.440 e. The van der Waals surface area contributed by atoms with Crippen LogP contribution in [0.25, 0.3) is 55.4 Å². The molecule has 6 atom stereocenters. The number of hydrogen-bond acceptors (Lipinski definition) is 14. The molecule has 0 spiro atoms. The first kappa shape index (κ1) is 49.0. The molecule has 0 bridgehead atoms. The number of halogens is 2. The van der Waals surface area contributed by atoms with Crippen molar-refractivity contribution in [1.82, 2.24) is 68.1 Å². The Labute approximate surface area is 465 Å². The number of piperidine rings is 2. The van der Waals surface area contributed by atoms with Gasteiger partial charge < -0.3 is 8.83 Å². The lowest BCUT2D eigenvalue weighted by molar-refractivity contribution is 0.396. The lowest BCUT2D eigenvalue weighted by Crippen LogP contribution is -2.35. The maximum absolute atomic E-state index is 15.9. The molecular formula is C58H46F2N14O6S2. The molecule has 2 saturated heterocycles. The normalized spacial score (nSPS) is 22.7. The van der Waals surface area contributed by atoms with Crippen molar-refractivity contribution in [2.45, 2.75) is 53.1 Å². The second-order valence-corrected chi connectivity index (χ2v) is 25.9. The number of sulfonamides is 2. The zero-order valence-electron chi connectivity index (χ0n) is 43.9. The quantitative estimate of drug-likeness (QED) is 0.113. The summed E-state index contributed by atoms with van der Waals surface area (Å²) in [5.74, 6) is -0.603. The lowest BCUT2D eigenvalue weighted by atomic mass is 9.88. The van der Waals surface area contributed by atoms with E-state index in [4.69, 9.17) is 23.9 Å². The number of fused-ring (bicyclic) bond motifs is 6. The van der Waals surface area contributed by atoms with Gasteiger partial charge in [0.1, 0.15) is 22.7 Å². The van der Waals surface area contributed by atoms with Gasteiger partial charge in [-0.05, 0) is 139 Å². The third-order valence-electron chi connectivity index (χ3n) is 17.6. The minimum absolute atomic E-state index is 0.106. The molecule has 82 heavy (non-hydrogen) atoms. The fourth-order valence-electron chi connectivity index (χ4n) is 13.8. The van der Waals surface area contributed by atoms with Gasteiger partial charge in [0.05, 0.1) is 65.6 Å². The molecule has 8 heterocycles. The molecule has 16 rings (SSSR count). The molecule has 2 aliphatic heterocycles. The van der Waals surface area contributed by atoms with Gasteiger partial charge in [0, 0.05) is 60.4 Å². The fraction of sp³-hybridized carbons (Fsp3) is 0.241. The van der Waals surface area contributed by atoms with E-state index in [9.17, 15) is 21.2 Å². The van der Waals surface area contributed by atoms with Crippen LogP contribution in [0.3, 0.4) is 0 Å². The van der Waals surface area contributed by atoms with Crippen molar-refractivity contribution in [1.29, 1.82) is 0 Å². The highest BCUT2D eigenvalue weighted by molar-refractivity contribution is 7.89. The Bertz CT molecular complexity index is 4830. The van der Waals surface area contributed by atoms with Gasteiger partial charge in [0.25, 0.3) is 20.0 Å². The van der Waals surface area contributed by atoms with Crippen LogP contribution in [0, 0.1) is 37.3 Å². The Morgan fingerprint density at radius 1 is 0.585 bits per heavy atom. The summed E-state index contributed by atoms with van der Waals surface area (Å²) in [4.78, 5) is 12.2. The molecule has 6 aromatic heterocycles. The van der Waals surface area contributed by atoms with Gasteiger partial charge in [-0.15, -0.1) is 10.2 Å². The molecule has 410 valence electrons. The number of nitrogens with zero attached hydrogens (tertiary/aromatic N) is 14. The van der Waals surface area contributed by atoms with E-state index in [0.717, 1.165) is 49.6 Å². The summed E-state index contributed by atoms with van der Waals surface area (Å²) in [5.41, 5.74) is 8.02. The van der Waals surface area contributed by atoms with Crippen LogP contribution in [0.2, 0.25) is 0 Å². The minimum atomic E-state index is -4.24. The Morgan fingerprint density at radius 3 is 1.63 bits per heavy atom. The highest BCUT2D eigenvalue weighted by atomic mass is 32.2. The van der Waals surface area contributed by atoms with E-state index < -0.39 is 36.7 Å². The van der Waals surface area contributed by atoms with Crippen molar-refractivity contribution >= 4 is 64.1 Å². The first-order valence-corrected chi connectivity index (χ1v) is 29.5. The maximum atomic E-state index is 15.9. The number of aromatic nitrogens is 12. The van der Waals surface area contributed by atoms with Crippen molar-refractivity contribution < 1.29 is 34.5 Å². The highest BCUT2D eigenvalue weighted by Gasteiger charge is 2.75. The van der Waals surface area contributed by atoms with Crippen molar-refractivity contribution in [3.8, 4) is 11.4 Å². The fourth-order valence-corrected chi connectivity index (χ4v) is 16.6. The molecule has 12 aromatic rings. The number of rotatable bonds is 12. The minimum Gasteiger partial charge on any atom is -0.440 e. The summed E-state index contributed by atoms with van der Waals surface area (Å²) in [6, 6.07) is 33.9. The zero-order chi connectivity index (χ0) is 55.8. The summed E-state index contributed by atoms with van der Waals surface area (Å²) < 4.78 is 106. The Morgan fingerprint density at radius 2 is 1.10 bits per heavy atom. The lowest BCUT2D eigenvalue weighted by Gasteiger charge is -2.23. The molecule has 24 heteroatoms. The van der Waals surface area contributed by atoms with Gasteiger partial charge in [-0.1, -0.05) is 24.3 Å². The Kier molecular flexibility index (Phi) is 10.2. The number of aryl methyl sites for hydroxylation is 3. The first-order valence-electron chi connectivity index (χ1n) is 26.6. The van der Waals surface area contributed by atoms with E-state index in [1.165, 1.54) is 48.8 Å². The number of para-hydroxylation sites is 4. The summed E-state index contributed by atoms with van der Waals surface area (Å²) in [5, 5.41) is 27.6. The van der Waals surface area contributed by atoms with Crippen LogP contribution in [-0.2, 0) is 44.5 Å². The van der Waals surface area contributed by atoms with Crippen molar-refractivity contribution in [3.05, 3.63) is 191 Å². The second-order valence-electron chi connectivity index (χ2n) is 22.1. The van der Waals surface area contributed by atoms with Crippen LogP contribution >= 0.6 is 0 Å². The topological polar surface area (TPSA) is 224 Å². The average molecular weight is 1140 g/mol. The van der Waals surface area contributed by atoms with Crippen molar-refractivity contribution in [2.24, 2.45) is 18.9 Å². The van der Waals surface area contributed by atoms with E-state index in [-0.39, 0.29) is 77.8 Å². The van der Waals surface area contributed by atoms with Gasteiger partial charge in [-0.25, -0.2) is 44.9 Å². The van der Waals surface area contributed by atoms with Crippen molar-refractivity contribution in [3.63, 3.8) is 0 Å². The van der Waals surface area contributed by atoms with E-state index in [1.807, 2.05) is 74.5 Å². The van der Waals surface area contributed by atoms with Gasteiger partial charge in [0.2, 0.25) is 10.1 Å². The molecule has 2 saturated carbocycles. The predicted octanol–water partition coefficient (Wildman–Crippen LogP) is 8.02. The molecule has 4 fully saturated rings. The summed E-state index contributed by atoms with van der Waals surface area (Å²) in [6.45, 7) is 4.45. The molecule has 6 aromatic carbocycles. The predicted molar refractivity (Wildman–Crippen MR) is 293 cm³/mol. The SMILES string of the molecule is Cc1cc2c(cnn2-c2ccc(F)cc2)cc1[C@@]12CN(S(=O)(=O)c3cnn(Cc4cc(-n5ncc6cc([C@]78CN(S(=O)(=O)c9cnn(C)n9)C[C@H]7[C@@H]8c7nc8ccccc8o7)c(C)cc65)ccc4F)n3)C[C@@H]1[C@H]2c1nc2ccccc2o1. The molecule has 0 radical (unpaired) electrons. The first-order chi connectivity index (χ1) is 39.6. The summed E-state index contributed by atoms with van der Waals surface area (Å²) in [6.07, 6.45) is 5.94. The molecule has 0 N–H and O–H groups in total. The van der Waals surface area contributed by atoms with Crippen LogP contribution in [0.15, 0.2) is 159 Å². The van der Waals surface area contributed by atoms with Gasteiger partial charge in [-0.3, -0.25) is 0 Å². The van der Waals surface area contributed by atoms with Crippen LogP contribution in [0.1, 0.15) is 51.4 Å². The smallest absolute Gasteiger partial charge is 0.264 e. The van der Waals surface area contributed by atoms with Crippen LogP contribution < -0.4 is 0 Å². The van der Waals surface area contributed by atoms with Crippen LogP contribution in [0.4, 0.5) is 8.78 Å².